The van der Waals surface area contributed by atoms with Crippen LogP contribution < -0.4 is 9.64 Å². The van der Waals surface area contributed by atoms with E-state index in [1.54, 1.807) is 11.0 Å². The molecule has 1 fully saturated rings. The molecule has 0 aromatic heterocycles. The quantitative estimate of drug-likeness (QED) is 0.550. The van der Waals surface area contributed by atoms with E-state index in [0.717, 1.165) is 43.6 Å². The lowest BCUT2D eigenvalue weighted by atomic mass is 9.90. The van der Waals surface area contributed by atoms with Crippen LogP contribution in [0.25, 0.3) is 0 Å². The lowest BCUT2D eigenvalue weighted by Gasteiger charge is -2.33. The van der Waals surface area contributed by atoms with E-state index in [2.05, 4.69) is 41.8 Å². The number of halogens is 1. The Labute approximate surface area is 201 Å². The van der Waals surface area contributed by atoms with Crippen LogP contribution in [0, 0.1) is 5.92 Å². The van der Waals surface area contributed by atoms with Gasteiger partial charge in [0.1, 0.15) is 18.5 Å². The number of aliphatic hydroxyl groups is 1. The number of β-amino-alcohol motifs (C(OH)–C–C–N with tert-alkyl or cyclic N) is 1. The van der Waals surface area contributed by atoms with Gasteiger partial charge in [-0.3, -0.25) is 4.79 Å². The molecule has 1 unspecified atom stereocenters. The maximum Gasteiger partial charge on any atom is 0.227 e. The summed E-state index contributed by atoms with van der Waals surface area (Å²) >= 11 is 6.44. The Hall–Kier alpha value is -2.34. The number of rotatable bonds is 9. The Morgan fingerprint density at radius 2 is 1.94 bits per heavy atom. The number of likely N-dealkylation sites (tertiary alicyclic amines) is 1. The summed E-state index contributed by atoms with van der Waals surface area (Å²) < 4.78 is 5.90. The largest absolute Gasteiger partial charge is 0.489 e. The highest BCUT2D eigenvalue weighted by Crippen LogP contribution is 2.37. The summed E-state index contributed by atoms with van der Waals surface area (Å²) in [5.74, 6) is 1.28. The maximum absolute atomic E-state index is 12.3. The van der Waals surface area contributed by atoms with Gasteiger partial charge >= 0.3 is 0 Å². The van der Waals surface area contributed by atoms with Gasteiger partial charge in [-0.1, -0.05) is 48.0 Å². The molecule has 176 valence electrons. The molecule has 1 saturated heterocycles. The number of fused-ring (bicyclic) bond motifs is 1. The second-order valence-electron chi connectivity index (χ2n) is 9.10. The number of benzene rings is 2. The molecule has 5 nitrogen and oxygen atoms in total. The summed E-state index contributed by atoms with van der Waals surface area (Å²) in [5, 5.41) is 11.1. The Morgan fingerprint density at radius 3 is 2.67 bits per heavy atom. The lowest BCUT2D eigenvalue weighted by Crippen LogP contribution is -2.41. The Morgan fingerprint density at radius 1 is 1.18 bits per heavy atom. The van der Waals surface area contributed by atoms with Crippen molar-refractivity contribution in [1.82, 2.24) is 4.90 Å². The number of aliphatic hydroxyl groups excluding tert-OH is 1. The Kier molecular flexibility index (Phi) is 8.07. The first-order valence-electron chi connectivity index (χ1n) is 11.8. The number of aryl methyl sites for hydroxylation is 1. The molecule has 2 aliphatic heterocycles. The SMILES string of the molecule is C=CCN1C(=O)CCc2cc(Cl)c(OCC(O)CN3CCC(Cc4ccccc4)CC3)cc21. The van der Waals surface area contributed by atoms with Crippen LogP contribution in [0.1, 0.15) is 30.4 Å². The predicted octanol–water partition coefficient (Wildman–Crippen LogP) is 4.50. The average molecular weight is 469 g/mol. The minimum absolute atomic E-state index is 0.0753. The third-order valence-corrected chi connectivity index (χ3v) is 6.91. The van der Waals surface area contributed by atoms with Gasteiger partial charge in [-0.05, 0) is 61.9 Å². The minimum Gasteiger partial charge on any atom is -0.489 e. The number of anilines is 1. The van der Waals surface area contributed by atoms with Crippen LogP contribution in [0.2, 0.25) is 5.02 Å². The van der Waals surface area contributed by atoms with Crippen LogP contribution in [0.3, 0.4) is 0 Å². The number of hydrogen-bond acceptors (Lipinski definition) is 4. The number of carbonyl (C=O) groups excluding carboxylic acids is 1. The van der Waals surface area contributed by atoms with E-state index in [0.29, 0.717) is 42.6 Å². The van der Waals surface area contributed by atoms with Gasteiger partial charge in [0.05, 0.1) is 10.7 Å². The van der Waals surface area contributed by atoms with E-state index >= 15 is 0 Å². The summed E-state index contributed by atoms with van der Waals surface area (Å²) in [6.07, 6.45) is 5.67. The van der Waals surface area contributed by atoms with E-state index in [-0.39, 0.29) is 12.5 Å². The summed E-state index contributed by atoms with van der Waals surface area (Å²) in [4.78, 5) is 16.3. The van der Waals surface area contributed by atoms with Gasteiger partial charge in [0.25, 0.3) is 0 Å². The summed E-state index contributed by atoms with van der Waals surface area (Å²) in [7, 11) is 0. The molecule has 0 bridgehead atoms. The van der Waals surface area contributed by atoms with E-state index in [1.165, 1.54) is 5.56 Å². The molecule has 0 saturated carbocycles. The number of amides is 1. The van der Waals surface area contributed by atoms with Gasteiger partial charge in [0.15, 0.2) is 0 Å². The normalized spacial score (nSPS) is 18.1. The van der Waals surface area contributed by atoms with E-state index in [9.17, 15) is 9.90 Å². The fraction of sp³-hybridized carbons (Fsp3) is 0.444. The lowest BCUT2D eigenvalue weighted by molar-refractivity contribution is -0.118. The molecule has 2 aliphatic rings. The topological polar surface area (TPSA) is 53.0 Å². The molecule has 0 spiro atoms. The smallest absolute Gasteiger partial charge is 0.227 e. The highest BCUT2D eigenvalue weighted by atomic mass is 35.5. The average Bonchev–Trinajstić information content (AvgIpc) is 2.82. The van der Waals surface area contributed by atoms with Crippen LogP contribution in [-0.4, -0.2) is 54.8 Å². The number of nitrogens with zero attached hydrogens (tertiary/aromatic N) is 2. The van der Waals surface area contributed by atoms with E-state index < -0.39 is 6.10 Å². The summed E-state index contributed by atoms with van der Waals surface area (Å²) in [6.45, 7) is 6.94. The molecule has 0 aliphatic carbocycles. The minimum atomic E-state index is -0.603. The van der Waals surface area contributed by atoms with E-state index in [4.69, 9.17) is 16.3 Å². The standard InChI is InChI=1S/C27H33ClN2O3/c1-2-12-30-25-17-26(24(28)16-22(25)8-9-27(30)32)33-19-23(31)18-29-13-10-21(11-14-29)15-20-6-4-3-5-7-20/h2-7,16-17,21,23,31H,1,8-15,18-19H2. The van der Waals surface area contributed by atoms with Crippen molar-refractivity contribution in [2.75, 3.05) is 37.7 Å². The highest BCUT2D eigenvalue weighted by molar-refractivity contribution is 6.32. The molecule has 2 aromatic carbocycles. The number of carbonyl (C=O) groups is 1. The van der Waals surface area contributed by atoms with Crippen LogP contribution in [0.4, 0.5) is 5.69 Å². The molecule has 33 heavy (non-hydrogen) atoms. The molecule has 0 radical (unpaired) electrons. The molecule has 1 atom stereocenters. The first-order valence-corrected chi connectivity index (χ1v) is 12.2. The fourth-order valence-corrected chi connectivity index (χ4v) is 5.08. The van der Waals surface area contributed by atoms with Crippen molar-refractivity contribution in [1.29, 1.82) is 0 Å². The Balaban J connectivity index is 1.27. The first-order chi connectivity index (χ1) is 16.0. The van der Waals surface area contributed by atoms with Crippen LogP contribution >= 0.6 is 11.6 Å². The molecule has 4 rings (SSSR count). The van der Waals surface area contributed by atoms with Gasteiger partial charge in [-0.25, -0.2) is 0 Å². The van der Waals surface area contributed by atoms with Gasteiger partial charge < -0.3 is 19.6 Å². The second-order valence-corrected chi connectivity index (χ2v) is 9.51. The molecule has 2 heterocycles. The van der Waals surface area contributed by atoms with Crippen LogP contribution in [0.15, 0.2) is 55.1 Å². The van der Waals surface area contributed by atoms with E-state index in [1.807, 2.05) is 12.1 Å². The van der Waals surface area contributed by atoms with Crippen LogP contribution in [-0.2, 0) is 17.6 Å². The van der Waals surface area contributed by atoms with Gasteiger partial charge in [0, 0.05) is 25.6 Å². The molecule has 1 amide bonds. The third kappa shape index (κ3) is 6.17. The zero-order chi connectivity index (χ0) is 23.2. The Bertz CT molecular complexity index is 957. The van der Waals surface area contributed by atoms with Gasteiger partial charge in [0.2, 0.25) is 5.91 Å². The molecular formula is C27H33ClN2O3. The molecule has 2 aromatic rings. The van der Waals surface area contributed by atoms with Crippen molar-refractivity contribution in [2.45, 2.75) is 38.2 Å². The van der Waals surface area contributed by atoms with Crippen molar-refractivity contribution < 1.29 is 14.6 Å². The summed E-state index contributed by atoms with van der Waals surface area (Å²) in [6, 6.07) is 14.4. The molecule has 6 heteroatoms. The predicted molar refractivity (Wildman–Crippen MR) is 133 cm³/mol. The van der Waals surface area contributed by atoms with Crippen molar-refractivity contribution in [3.63, 3.8) is 0 Å². The molecule has 1 N–H and O–H groups in total. The monoisotopic (exact) mass is 468 g/mol. The van der Waals surface area contributed by atoms with Crippen molar-refractivity contribution in [2.24, 2.45) is 5.92 Å². The first kappa shape index (κ1) is 23.8. The number of hydrogen-bond donors (Lipinski definition) is 1. The number of piperidine rings is 1. The summed E-state index contributed by atoms with van der Waals surface area (Å²) in [5.41, 5.74) is 3.26. The van der Waals surface area contributed by atoms with Gasteiger partial charge in [-0.15, -0.1) is 6.58 Å². The zero-order valence-corrected chi connectivity index (χ0v) is 19.8. The van der Waals surface area contributed by atoms with Crippen molar-refractivity contribution in [3.8, 4) is 5.75 Å². The zero-order valence-electron chi connectivity index (χ0n) is 19.1. The third-order valence-electron chi connectivity index (χ3n) is 6.62. The molecular weight excluding hydrogens is 436 g/mol. The van der Waals surface area contributed by atoms with Crippen LogP contribution in [0.5, 0.6) is 5.75 Å². The second kappa shape index (κ2) is 11.2. The maximum atomic E-state index is 12.3. The fourth-order valence-electron chi connectivity index (χ4n) is 4.84. The van der Waals surface area contributed by atoms with Crippen molar-refractivity contribution >= 4 is 23.2 Å². The highest BCUT2D eigenvalue weighted by Gasteiger charge is 2.26. The van der Waals surface area contributed by atoms with Gasteiger partial charge in [-0.2, -0.15) is 0 Å². The number of ether oxygens (including phenoxy) is 1. The van der Waals surface area contributed by atoms with Crippen molar-refractivity contribution in [3.05, 3.63) is 71.3 Å².